The third-order valence-electron chi connectivity index (χ3n) is 2.67. The quantitative estimate of drug-likeness (QED) is 0.626. The molecule has 0 aliphatic heterocycles. The normalized spacial score (nSPS) is 9.95. The van der Waals surface area contributed by atoms with Crippen molar-refractivity contribution in [2.45, 2.75) is 13.5 Å². The van der Waals surface area contributed by atoms with Crippen LogP contribution < -0.4 is 11.1 Å². The Morgan fingerprint density at radius 1 is 1.25 bits per heavy atom. The van der Waals surface area contributed by atoms with Crippen molar-refractivity contribution in [3.63, 3.8) is 0 Å². The highest BCUT2D eigenvalue weighted by atomic mass is 35.5. The van der Waals surface area contributed by atoms with Crippen LogP contribution in [0.25, 0.3) is 5.69 Å². The standard InChI is InChI=1S/C14H10ClFN2O2/c1-2-3-6-17-7-8-18(14(20)13(17)19)10-4-5-12(16)11(15)9-10/h4-5,7-9H,6H2,1H3. The van der Waals surface area contributed by atoms with Crippen molar-refractivity contribution in [1.82, 2.24) is 9.13 Å². The summed E-state index contributed by atoms with van der Waals surface area (Å²) in [6, 6.07) is 3.80. The van der Waals surface area contributed by atoms with Gasteiger partial charge in [-0.3, -0.25) is 18.7 Å². The van der Waals surface area contributed by atoms with E-state index in [9.17, 15) is 14.0 Å². The van der Waals surface area contributed by atoms with Gasteiger partial charge in [-0.25, -0.2) is 4.39 Å². The molecule has 1 aromatic heterocycles. The molecule has 0 N–H and O–H groups in total. The monoisotopic (exact) mass is 292 g/mol. The average Bonchev–Trinajstić information content (AvgIpc) is 2.44. The van der Waals surface area contributed by atoms with Gasteiger partial charge in [-0.05, 0) is 25.1 Å². The molecule has 0 saturated heterocycles. The Hall–Kier alpha value is -2.32. The molecule has 4 nitrogen and oxygen atoms in total. The minimum atomic E-state index is -0.743. The summed E-state index contributed by atoms with van der Waals surface area (Å²) < 4.78 is 15.4. The summed E-state index contributed by atoms with van der Waals surface area (Å²) in [5, 5.41) is -0.115. The first-order chi connectivity index (χ1) is 9.54. The van der Waals surface area contributed by atoms with Gasteiger partial charge in [0.15, 0.2) is 0 Å². The third kappa shape index (κ3) is 2.65. The second kappa shape index (κ2) is 5.76. The van der Waals surface area contributed by atoms with Crippen LogP contribution >= 0.6 is 11.6 Å². The highest BCUT2D eigenvalue weighted by molar-refractivity contribution is 6.30. The summed E-state index contributed by atoms with van der Waals surface area (Å²) in [6.07, 6.45) is 2.87. The van der Waals surface area contributed by atoms with E-state index in [0.29, 0.717) is 5.69 Å². The van der Waals surface area contributed by atoms with E-state index in [1.165, 1.54) is 29.1 Å². The molecule has 0 radical (unpaired) electrons. The zero-order valence-electron chi connectivity index (χ0n) is 10.6. The van der Waals surface area contributed by atoms with Crippen LogP contribution in [0.3, 0.4) is 0 Å². The molecule has 0 saturated carbocycles. The third-order valence-corrected chi connectivity index (χ3v) is 2.96. The topological polar surface area (TPSA) is 44.0 Å². The Bertz CT molecular complexity index is 828. The lowest BCUT2D eigenvalue weighted by atomic mass is 10.3. The van der Waals surface area contributed by atoms with Gasteiger partial charge < -0.3 is 0 Å². The fourth-order valence-corrected chi connectivity index (χ4v) is 1.81. The molecule has 0 spiro atoms. The number of hydrogen-bond donors (Lipinski definition) is 0. The zero-order chi connectivity index (χ0) is 14.7. The summed E-state index contributed by atoms with van der Waals surface area (Å²) in [6.45, 7) is 1.79. The highest BCUT2D eigenvalue weighted by Gasteiger charge is 2.08. The molecule has 1 aromatic carbocycles. The first-order valence-corrected chi connectivity index (χ1v) is 6.09. The van der Waals surface area contributed by atoms with E-state index in [-0.39, 0.29) is 11.6 Å². The van der Waals surface area contributed by atoms with Crippen molar-refractivity contribution < 1.29 is 4.39 Å². The van der Waals surface area contributed by atoms with Crippen molar-refractivity contribution >= 4 is 11.6 Å². The Morgan fingerprint density at radius 2 is 2.00 bits per heavy atom. The number of halogens is 2. The van der Waals surface area contributed by atoms with Crippen molar-refractivity contribution in [1.29, 1.82) is 0 Å². The number of benzene rings is 1. The van der Waals surface area contributed by atoms with E-state index in [4.69, 9.17) is 11.6 Å². The molecule has 0 bridgehead atoms. The van der Waals surface area contributed by atoms with Gasteiger partial charge >= 0.3 is 11.1 Å². The first kappa shape index (κ1) is 14.1. The van der Waals surface area contributed by atoms with E-state index in [2.05, 4.69) is 11.8 Å². The van der Waals surface area contributed by atoms with Gasteiger partial charge in [0, 0.05) is 12.4 Å². The van der Waals surface area contributed by atoms with Crippen LogP contribution in [0.1, 0.15) is 6.92 Å². The van der Waals surface area contributed by atoms with Crippen molar-refractivity contribution in [2.24, 2.45) is 0 Å². The number of rotatable bonds is 2. The second-order valence-electron chi connectivity index (χ2n) is 3.93. The molecule has 6 heteroatoms. The molecule has 2 rings (SSSR count). The van der Waals surface area contributed by atoms with E-state index in [1.807, 2.05) is 0 Å². The van der Waals surface area contributed by atoms with E-state index in [0.717, 1.165) is 10.6 Å². The van der Waals surface area contributed by atoms with Gasteiger partial charge in [-0.1, -0.05) is 17.5 Å². The molecule has 0 aliphatic carbocycles. The molecule has 0 unspecified atom stereocenters. The molecule has 2 aromatic rings. The minimum Gasteiger partial charge on any atom is -0.298 e. The van der Waals surface area contributed by atoms with E-state index >= 15 is 0 Å². The second-order valence-corrected chi connectivity index (χ2v) is 4.34. The van der Waals surface area contributed by atoms with Crippen LogP contribution in [-0.2, 0) is 6.54 Å². The Morgan fingerprint density at radius 3 is 2.65 bits per heavy atom. The van der Waals surface area contributed by atoms with Crippen molar-refractivity contribution in [3.05, 3.63) is 62.1 Å². The van der Waals surface area contributed by atoms with E-state index in [1.54, 1.807) is 6.92 Å². The predicted molar refractivity (Wildman–Crippen MR) is 74.7 cm³/mol. The average molecular weight is 293 g/mol. The zero-order valence-corrected chi connectivity index (χ0v) is 11.3. The van der Waals surface area contributed by atoms with Crippen LogP contribution in [0.4, 0.5) is 4.39 Å². The Kier molecular flexibility index (Phi) is 4.06. The predicted octanol–water partition coefficient (Wildman–Crippen LogP) is 1.81. The SMILES string of the molecule is CC#CCn1ccn(-c2ccc(F)c(Cl)c2)c(=O)c1=O. The molecule has 0 amide bonds. The first-order valence-electron chi connectivity index (χ1n) is 5.71. The maximum absolute atomic E-state index is 13.1. The van der Waals surface area contributed by atoms with Gasteiger partial charge in [0.25, 0.3) is 0 Å². The lowest BCUT2D eigenvalue weighted by molar-refractivity contribution is 0.627. The molecular weight excluding hydrogens is 283 g/mol. The summed E-state index contributed by atoms with van der Waals surface area (Å²) in [5.41, 5.74) is -1.11. The number of nitrogens with zero attached hydrogens (tertiary/aromatic N) is 2. The smallest absolute Gasteiger partial charge is 0.298 e. The Labute approximate surface area is 119 Å². The summed E-state index contributed by atoms with van der Waals surface area (Å²) >= 11 is 5.66. The number of hydrogen-bond acceptors (Lipinski definition) is 2. The summed E-state index contributed by atoms with van der Waals surface area (Å²) in [4.78, 5) is 23.9. The highest BCUT2D eigenvalue weighted by Crippen LogP contribution is 2.17. The van der Waals surface area contributed by atoms with Crippen LogP contribution in [0.5, 0.6) is 0 Å². The molecule has 0 aliphatic rings. The largest absolute Gasteiger partial charge is 0.321 e. The van der Waals surface area contributed by atoms with E-state index < -0.39 is 16.9 Å². The minimum absolute atomic E-state index is 0.115. The van der Waals surface area contributed by atoms with Crippen molar-refractivity contribution in [2.75, 3.05) is 0 Å². The van der Waals surface area contributed by atoms with Gasteiger partial charge in [0.05, 0.1) is 17.3 Å². The Balaban J connectivity index is 2.56. The van der Waals surface area contributed by atoms with Gasteiger partial charge in [0.1, 0.15) is 5.82 Å². The summed E-state index contributed by atoms with van der Waals surface area (Å²) in [7, 11) is 0. The van der Waals surface area contributed by atoms with Crippen LogP contribution in [0, 0.1) is 17.7 Å². The maximum Gasteiger partial charge on any atom is 0.321 e. The molecule has 102 valence electrons. The molecular formula is C14H10ClFN2O2. The van der Waals surface area contributed by atoms with Crippen molar-refractivity contribution in [3.8, 4) is 17.5 Å². The van der Waals surface area contributed by atoms with Crippen LogP contribution in [0.15, 0.2) is 40.2 Å². The van der Waals surface area contributed by atoms with Crippen LogP contribution in [0.2, 0.25) is 5.02 Å². The molecule has 0 fully saturated rings. The molecule has 20 heavy (non-hydrogen) atoms. The van der Waals surface area contributed by atoms with Crippen LogP contribution in [-0.4, -0.2) is 9.13 Å². The lowest BCUT2D eigenvalue weighted by Gasteiger charge is -2.07. The van der Waals surface area contributed by atoms with Gasteiger partial charge in [-0.2, -0.15) is 0 Å². The lowest BCUT2D eigenvalue weighted by Crippen LogP contribution is -2.39. The molecule has 1 heterocycles. The van der Waals surface area contributed by atoms with Gasteiger partial charge in [-0.15, -0.1) is 5.92 Å². The number of aromatic nitrogens is 2. The van der Waals surface area contributed by atoms with Gasteiger partial charge in [0.2, 0.25) is 0 Å². The fraction of sp³-hybridized carbons (Fsp3) is 0.143. The fourth-order valence-electron chi connectivity index (χ4n) is 1.64. The maximum atomic E-state index is 13.1. The summed E-state index contributed by atoms with van der Waals surface area (Å²) in [5.74, 6) is 4.76. The molecule has 0 atom stereocenters.